The van der Waals surface area contributed by atoms with Crippen molar-refractivity contribution in [2.45, 2.75) is 18.9 Å². The molecule has 2 aromatic carbocycles. The minimum absolute atomic E-state index is 0.119. The molecule has 2 fully saturated rings. The highest BCUT2D eigenvalue weighted by atomic mass is 79.9. The Morgan fingerprint density at radius 2 is 1.57 bits per heavy atom. The molecule has 0 radical (unpaired) electrons. The number of nitrogens with zero attached hydrogens (tertiary/aromatic N) is 1. The standard InChI is InChI=1S/C24H21BrN2O3/c25-17-8-10-18(11-9-17)26-22(28)19(12-14-4-2-1-3-5-14)27-23(29)20-15-6-7-16(13-15)21(20)24(27)30/h1-11,15-16,19-21H,12-13H2,(H,26,28)/t15-,16-,19-,20-,21+/m0/s1. The summed E-state index contributed by atoms with van der Waals surface area (Å²) in [5.74, 6) is -1.13. The van der Waals surface area contributed by atoms with Crippen molar-refractivity contribution in [2.75, 3.05) is 5.32 Å². The van der Waals surface area contributed by atoms with Gasteiger partial charge in [0.05, 0.1) is 11.8 Å². The molecule has 0 spiro atoms. The Labute approximate surface area is 183 Å². The number of benzene rings is 2. The van der Waals surface area contributed by atoms with Gasteiger partial charge in [0, 0.05) is 16.6 Å². The van der Waals surface area contributed by atoms with E-state index in [4.69, 9.17) is 0 Å². The Balaban J connectivity index is 1.45. The van der Waals surface area contributed by atoms with Crippen molar-refractivity contribution in [3.63, 3.8) is 0 Å². The summed E-state index contributed by atoms with van der Waals surface area (Å²) in [4.78, 5) is 41.2. The smallest absolute Gasteiger partial charge is 0.248 e. The van der Waals surface area contributed by atoms with E-state index in [2.05, 4.69) is 33.4 Å². The van der Waals surface area contributed by atoms with E-state index in [0.717, 1.165) is 16.5 Å². The Kier molecular flexibility index (Phi) is 4.82. The van der Waals surface area contributed by atoms with E-state index in [0.29, 0.717) is 12.1 Å². The van der Waals surface area contributed by atoms with E-state index in [9.17, 15) is 14.4 Å². The van der Waals surface area contributed by atoms with Gasteiger partial charge >= 0.3 is 0 Å². The number of anilines is 1. The van der Waals surface area contributed by atoms with Crippen LogP contribution in [0.25, 0.3) is 0 Å². The Morgan fingerprint density at radius 3 is 2.17 bits per heavy atom. The fourth-order valence-corrected chi connectivity index (χ4v) is 5.39. The quantitative estimate of drug-likeness (QED) is 0.540. The van der Waals surface area contributed by atoms with E-state index in [-0.39, 0.29) is 41.4 Å². The number of rotatable bonds is 5. The summed E-state index contributed by atoms with van der Waals surface area (Å²) in [5.41, 5.74) is 1.54. The maximum Gasteiger partial charge on any atom is 0.248 e. The van der Waals surface area contributed by atoms with Crippen LogP contribution in [0.4, 0.5) is 5.69 Å². The van der Waals surface area contributed by atoms with Crippen LogP contribution in [-0.2, 0) is 20.8 Å². The molecule has 1 saturated heterocycles. The lowest BCUT2D eigenvalue weighted by atomic mass is 9.85. The summed E-state index contributed by atoms with van der Waals surface area (Å²) in [5, 5.41) is 2.89. The predicted octanol–water partition coefficient (Wildman–Crippen LogP) is 3.81. The van der Waals surface area contributed by atoms with Gasteiger partial charge in [-0.2, -0.15) is 0 Å². The van der Waals surface area contributed by atoms with E-state index in [1.54, 1.807) is 12.1 Å². The summed E-state index contributed by atoms with van der Waals surface area (Å²) in [6.45, 7) is 0. The summed E-state index contributed by atoms with van der Waals surface area (Å²) < 4.78 is 0.905. The van der Waals surface area contributed by atoms with Crippen molar-refractivity contribution < 1.29 is 14.4 Å². The Hall–Kier alpha value is -2.73. The molecule has 2 bridgehead atoms. The number of carbonyl (C=O) groups is 3. The molecular formula is C24H21BrN2O3. The van der Waals surface area contributed by atoms with Crippen molar-refractivity contribution >= 4 is 39.3 Å². The van der Waals surface area contributed by atoms with Gasteiger partial charge in [-0.05, 0) is 48.1 Å². The molecule has 0 unspecified atom stereocenters. The number of allylic oxidation sites excluding steroid dienone is 2. The van der Waals surface area contributed by atoms with Crippen molar-refractivity contribution in [1.82, 2.24) is 4.90 Å². The lowest BCUT2D eigenvalue weighted by molar-refractivity contribution is -0.147. The van der Waals surface area contributed by atoms with E-state index < -0.39 is 6.04 Å². The first-order chi connectivity index (χ1) is 14.5. The van der Waals surface area contributed by atoms with Crippen LogP contribution in [0.5, 0.6) is 0 Å². The van der Waals surface area contributed by atoms with Gasteiger partial charge in [-0.1, -0.05) is 58.4 Å². The molecule has 5 rings (SSSR count). The van der Waals surface area contributed by atoms with Crippen LogP contribution in [-0.4, -0.2) is 28.7 Å². The van der Waals surface area contributed by atoms with E-state index >= 15 is 0 Å². The number of amides is 3. The molecule has 3 aliphatic rings. The molecule has 1 heterocycles. The third kappa shape index (κ3) is 3.19. The third-order valence-corrected chi connectivity index (χ3v) is 7.03. The van der Waals surface area contributed by atoms with Crippen LogP contribution in [0.15, 0.2) is 71.2 Å². The minimum atomic E-state index is -0.874. The number of nitrogens with one attached hydrogen (secondary N) is 1. The molecule has 3 amide bonds. The van der Waals surface area contributed by atoms with Crippen molar-refractivity contribution in [3.8, 4) is 0 Å². The number of carbonyl (C=O) groups excluding carboxylic acids is 3. The Bertz CT molecular complexity index is 1000. The van der Waals surface area contributed by atoms with Crippen LogP contribution < -0.4 is 5.32 Å². The maximum atomic E-state index is 13.3. The van der Waals surface area contributed by atoms with Crippen LogP contribution in [0, 0.1) is 23.7 Å². The summed E-state index contributed by atoms with van der Waals surface area (Å²) >= 11 is 3.38. The molecule has 1 saturated carbocycles. The van der Waals surface area contributed by atoms with Crippen molar-refractivity contribution in [1.29, 1.82) is 0 Å². The zero-order valence-corrected chi connectivity index (χ0v) is 17.8. The van der Waals surface area contributed by atoms with Crippen molar-refractivity contribution in [3.05, 3.63) is 76.8 Å². The van der Waals surface area contributed by atoms with Crippen LogP contribution in [0.1, 0.15) is 12.0 Å². The highest BCUT2D eigenvalue weighted by molar-refractivity contribution is 9.10. The molecule has 6 heteroatoms. The fourth-order valence-electron chi connectivity index (χ4n) is 5.13. The van der Waals surface area contributed by atoms with Gasteiger partial charge in [0.15, 0.2) is 0 Å². The van der Waals surface area contributed by atoms with Crippen LogP contribution >= 0.6 is 15.9 Å². The molecular weight excluding hydrogens is 444 g/mol. The summed E-state index contributed by atoms with van der Waals surface area (Å²) in [7, 11) is 0. The van der Waals surface area contributed by atoms with E-state index in [1.807, 2.05) is 42.5 Å². The average molecular weight is 465 g/mol. The molecule has 2 aliphatic carbocycles. The first kappa shape index (κ1) is 19.2. The predicted molar refractivity (Wildman–Crippen MR) is 116 cm³/mol. The molecule has 30 heavy (non-hydrogen) atoms. The van der Waals surface area contributed by atoms with Gasteiger partial charge in [-0.3, -0.25) is 19.3 Å². The second-order valence-corrected chi connectivity index (χ2v) is 9.16. The molecule has 0 aromatic heterocycles. The zero-order chi connectivity index (χ0) is 20.8. The molecule has 1 aliphatic heterocycles. The second kappa shape index (κ2) is 7.51. The first-order valence-corrected chi connectivity index (χ1v) is 11.0. The molecule has 152 valence electrons. The Morgan fingerprint density at radius 1 is 0.967 bits per heavy atom. The zero-order valence-electron chi connectivity index (χ0n) is 16.2. The van der Waals surface area contributed by atoms with Crippen molar-refractivity contribution in [2.24, 2.45) is 23.7 Å². The maximum absolute atomic E-state index is 13.3. The number of likely N-dealkylation sites (tertiary alicyclic amines) is 1. The van der Waals surface area contributed by atoms with Gasteiger partial charge in [0.1, 0.15) is 6.04 Å². The topological polar surface area (TPSA) is 66.5 Å². The number of halogens is 1. The number of fused-ring (bicyclic) bond motifs is 5. The highest BCUT2D eigenvalue weighted by Crippen LogP contribution is 2.53. The molecule has 5 nitrogen and oxygen atoms in total. The lowest BCUT2D eigenvalue weighted by Gasteiger charge is -2.27. The summed E-state index contributed by atoms with van der Waals surface area (Å²) in [6, 6.07) is 15.9. The lowest BCUT2D eigenvalue weighted by Crippen LogP contribution is -2.49. The fraction of sp³-hybridized carbons (Fsp3) is 0.292. The number of hydrogen-bond acceptors (Lipinski definition) is 3. The number of hydrogen-bond donors (Lipinski definition) is 1. The summed E-state index contributed by atoms with van der Waals surface area (Å²) in [6.07, 6.45) is 5.29. The second-order valence-electron chi connectivity index (χ2n) is 8.25. The first-order valence-electron chi connectivity index (χ1n) is 10.2. The van der Waals surface area contributed by atoms with Gasteiger partial charge < -0.3 is 5.32 Å². The highest BCUT2D eigenvalue weighted by Gasteiger charge is 2.61. The van der Waals surface area contributed by atoms with Gasteiger partial charge in [0.2, 0.25) is 17.7 Å². The van der Waals surface area contributed by atoms with Crippen LogP contribution in [0.2, 0.25) is 0 Å². The largest absolute Gasteiger partial charge is 0.324 e. The molecule has 2 aromatic rings. The normalized spacial score (nSPS) is 27.4. The van der Waals surface area contributed by atoms with Gasteiger partial charge in [-0.25, -0.2) is 0 Å². The molecule has 5 atom stereocenters. The third-order valence-electron chi connectivity index (χ3n) is 6.50. The molecule has 1 N–H and O–H groups in total. The average Bonchev–Trinajstić information content (AvgIpc) is 3.43. The van der Waals surface area contributed by atoms with Gasteiger partial charge in [0.25, 0.3) is 0 Å². The van der Waals surface area contributed by atoms with E-state index in [1.165, 1.54) is 4.90 Å². The monoisotopic (exact) mass is 464 g/mol. The van der Waals surface area contributed by atoms with Gasteiger partial charge in [-0.15, -0.1) is 0 Å². The minimum Gasteiger partial charge on any atom is -0.324 e. The SMILES string of the molecule is O=C(Nc1ccc(Br)cc1)[C@H](Cc1ccccc1)N1C(=O)[C@@H]2[C@H](C1=O)[C@H]1C=C[C@H]2C1. The van der Waals surface area contributed by atoms with Crippen LogP contribution in [0.3, 0.4) is 0 Å². The number of imide groups is 1.